The van der Waals surface area contributed by atoms with Crippen LogP contribution in [0.3, 0.4) is 0 Å². The lowest BCUT2D eigenvalue weighted by atomic mass is 10.2. The third kappa shape index (κ3) is 5.01. The van der Waals surface area contributed by atoms with Gasteiger partial charge in [0.2, 0.25) is 0 Å². The van der Waals surface area contributed by atoms with Crippen molar-refractivity contribution in [2.45, 2.75) is 13.5 Å². The number of hydrogen-bond donors (Lipinski definition) is 2. The molecule has 122 valence electrons. The van der Waals surface area contributed by atoms with E-state index in [1.165, 1.54) is 24.3 Å². The van der Waals surface area contributed by atoms with Crippen LogP contribution in [0.1, 0.15) is 5.56 Å². The molecule has 2 aromatic rings. The van der Waals surface area contributed by atoms with Crippen molar-refractivity contribution < 1.29 is 17.9 Å². The zero-order chi connectivity index (χ0) is 17.0. The minimum Gasteiger partial charge on any atom is -0.433 e. The van der Waals surface area contributed by atoms with E-state index in [-0.39, 0.29) is 21.6 Å². The molecule has 0 spiro atoms. The van der Waals surface area contributed by atoms with Crippen LogP contribution in [0.25, 0.3) is 0 Å². The van der Waals surface area contributed by atoms with Crippen LogP contribution in [0, 0.1) is 12.7 Å². The number of ether oxygens (including phenoxy) is 1. The highest BCUT2D eigenvalue weighted by Gasteiger charge is 2.11. The minimum atomic E-state index is -2.95. The van der Waals surface area contributed by atoms with Crippen LogP contribution in [0.5, 0.6) is 5.75 Å². The maximum Gasteiger partial charge on any atom is 0.387 e. The molecule has 2 N–H and O–H groups in total. The second-order valence-electron chi connectivity index (χ2n) is 4.59. The average Bonchev–Trinajstić information content (AvgIpc) is 2.45. The van der Waals surface area contributed by atoms with Gasteiger partial charge in [0.05, 0.1) is 10.7 Å². The monoisotopic (exact) mass is 360 g/mol. The predicted molar refractivity (Wildman–Crippen MR) is 89.1 cm³/mol. The quantitative estimate of drug-likeness (QED) is 0.734. The number of benzene rings is 2. The van der Waals surface area contributed by atoms with Crippen molar-refractivity contribution in [2.75, 3.05) is 10.6 Å². The summed E-state index contributed by atoms with van der Waals surface area (Å²) in [6.07, 6.45) is 0. The molecular formula is C15H12ClF3N2OS. The Bertz CT molecular complexity index is 728. The second-order valence-corrected chi connectivity index (χ2v) is 5.40. The van der Waals surface area contributed by atoms with E-state index in [0.29, 0.717) is 5.69 Å². The Morgan fingerprint density at radius 3 is 2.57 bits per heavy atom. The number of aryl methyl sites for hydroxylation is 1. The number of anilines is 2. The van der Waals surface area contributed by atoms with E-state index in [4.69, 9.17) is 23.8 Å². The molecule has 2 aromatic carbocycles. The Balaban J connectivity index is 2.11. The Morgan fingerprint density at radius 1 is 1.17 bits per heavy atom. The smallest absolute Gasteiger partial charge is 0.387 e. The summed E-state index contributed by atoms with van der Waals surface area (Å²) < 4.78 is 42.5. The Kier molecular flexibility index (Phi) is 5.68. The zero-order valence-electron chi connectivity index (χ0n) is 11.9. The molecule has 0 saturated carbocycles. The van der Waals surface area contributed by atoms with Gasteiger partial charge in [0.1, 0.15) is 11.6 Å². The van der Waals surface area contributed by atoms with E-state index in [9.17, 15) is 13.2 Å². The van der Waals surface area contributed by atoms with Crippen LogP contribution >= 0.6 is 23.8 Å². The van der Waals surface area contributed by atoms with Gasteiger partial charge >= 0.3 is 6.61 Å². The molecule has 0 aromatic heterocycles. The van der Waals surface area contributed by atoms with Crippen molar-refractivity contribution in [3.8, 4) is 5.75 Å². The maximum absolute atomic E-state index is 13.1. The third-order valence-corrected chi connectivity index (χ3v) is 3.27. The van der Waals surface area contributed by atoms with Gasteiger partial charge in [-0.2, -0.15) is 8.78 Å². The van der Waals surface area contributed by atoms with Gasteiger partial charge in [-0.1, -0.05) is 17.7 Å². The van der Waals surface area contributed by atoms with Crippen molar-refractivity contribution in [3.63, 3.8) is 0 Å². The summed E-state index contributed by atoms with van der Waals surface area (Å²) >= 11 is 10.8. The molecule has 8 heteroatoms. The molecule has 0 aliphatic carbocycles. The van der Waals surface area contributed by atoms with E-state index in [1.807, 2.05) is 0 Å². The van der Waals surface area contributed by atoms with Gasteiger partial charge in [0.15, 0.2) is 5.11 Å². The third-order valence-electron chi connectivity index (χ3n) is 2.78. The van der Waals surface area contributed by atoms with Gasteiger partial charge in [0.25, 0.3) is 0 Å². The summed E-state index contributed by atoms with van der Waals surface area (Å²) in [6.45, 7) is -1.20. The number of halogens is 4. The lowest BCUT2D eigenvalue weighted by Crippen LogP contribution is -2.20. The fourth-order valence-electron chi connectivity index (χ4n) is 1.78. The van der Waals surface area contributed by atoms with Gasteiger partial charge in [-0.05, 0) is 55.0 Å². The fourth-order valence-corrected chi connectivity index (χ4v) is 2.19. The largest absolute Gasteiger partial charge is 0.433 e. The Morgan fingerprint density at radius 2 is 1.91 bits per heavy atom. The number of rotatable bonds is 4. The summed E-state index contributed by atoms with van der Waals surface area (Å²) in [7, 11) is 0. The summed E-state index contributed by atoms with van der Waals surface area (Å²) in [5.74, 6) is -0.580. The molecule has 0 unspecified atom stereocenters. The van der Waals surface area contributed by atoms with E-state index >= 15 is 0 Å². The van der Waals surface area contributed by atoms with E-state index in [0.717, 1.165) is 5.56 Å². The van der Waals surface area contributed by atoms with Gasteiger partial charge in [-0.15, -0.1) is 0 Å². The van der Waals surface area contributed by atoms with E-state index in [2.05, 4.69) is 15.4 Å². The summed E-state index contributed by atoms with van der Waals surface area (Å²) in [5.41, 5.74) is 1.49. The molecule has 23 heavy (non-hydrogen) atoms. The van der Waals surface area contributed by atoms with Crippen molar-refractivity contribution >= 4 is 40.3 Å². The van der Waals surface area contributed by atoms with Crippen molar-refractivity contribution in [3.05, 3.63) is 52.8 Å². The van der Waals surface area contributed by atoms with Crippen molar-refractivity contribution in [1.82, 2.24) is 0 Å². The molecule has 0 fully saturated rings. The topological polar surface area (TPSA) is 33.3 Å². The van der Waals surface area contributed by atoms with Gasteiger partial charge < -0.3 is 15.4 Å². The zero-order valence-corrected chi connectivity index (χ0v) is 13.4. The van der Waals surface area contributed by atoms with Gasteiger partial charge in [-0.3, -0.25) is 0 Å². The standard InChI is InChI=1S/C15H12ClF3N2OS/c1-8-2-5-12(13(6-8)22-14(18)19)21-15(23)20-9-3-4-11(17)10(16)7-9/h2-7,14H,1H3,(H2,20,21,23). The average molecular weight is 361 g/mol. The van der Waals surface area contributed by atoms with Gasteiger partial charge in [0, 0.05) is 5.69 Å². The fraction of sp³-hybridized carbons (Fsp3) is 0.133. The number of thiocarbonyl (C=S) groups is 1. The lowest BCUT2D eigenvalue weighted by Gasteiger charge is -2.15. The molecule has 0 bridgehead atoms. The molecule has 0 saturated heterocycles. The number of nitrogens with one attached hydrogen (secondary N) is 2. The normalized spacial score (nSPS) is 10.5. The lowest BCUT2D eigenvalue weighted by molar-refractivity contribution is -0.0493. The van der Waals surface area contributed by atoms with E-state index in [1.54, 1.807) is 19.1 Å². The van der Waals surface area contributed by atoms with Crippen molar-refractivity contribution in [2.24, 2.45) is 0 Å². The highest BCUT2D eigenvalue weighted by molar-refractivity contribution is 7.80. The van der Waals surface area contributed by atoms with Crippen LogP contribution in [0.15, 0.2) is 36.4 Å². The van der Waals surface area contributed by atoms with Crippen LogP contribution in [0.4, 0.5) is 24.5 Å². The first-order valence-corrected chi connectivity index (χ1v) is 7.22. The first-order chi connectivity index (χ1) is 10.8. The maximum atomic E-state index is 13.1. The second kappa shape index (κ2) is 7.52. The first kappa shape index (κ1) is 17.4. The molecule has 0 atom stereocenters. The van der Waals surface area contributed by atoms with Crippen LogP contribution < -0.4 is 15.4 Å². The molecule has 3 nitrogen and oxygen atoms in total. The molecule has 2 rings (SSSR count). The number of alkyl halides is 2. The molecule has 0 radical (unpaired) electrons. The highest BCUT2D eigenvalue weighted by atomic mass is 35.5. The summed E-state index contributed by atoms with van der Waals surface area (Å²) in [6, 6.07) is 8.74. The van der Waals surface area contributed by atoms with Crippen molar-refractivity contribution in [1.29, 1.82) is 0 Å². The molecule has 0 amide bonds. The minimum absolute atomic E-state index is 0.0266. The Hall–Kier alpha value is -1.99. The Labute approximate surface area is 141 Å². The van der Waals surface area contributed by atoms with E-state index < -0.39 is 12.4 Å². The molecule has 0 heterocycles. The summed E-state index contributed by atoms with van der Waals surface area (Å²) in [5, 5.41) is 5.59. The van der Waals surface area contributed by atoms with Crippen LogP contribution in [0.2, 0.25) is 5.02 Å². The highest BCUT2D eigenvalue weighted by Crippen LogP contribution is 2.28. The SMILES string of the molecule is Cc1ccc(NC(=S)Nc2ccc(F)c(Cl)c2)c(OC(F)F)c1. The number of hydrogen-bond acceptors (Lipinski definition) is 2. The molecular weight excluding hydrogens is 349 g/mol. The molecule has 0 aliphatic heterocycles. The predicted octanol–water partition coefficient (Wildman–Crippen LogP) is 5.20. The first-order valence-electron chi connectivity index (χ1n) is 6.43. The van der Waals surface area contributed by atoms with Gasteiger partial charge in [-0.25, -0.2) is 4.39 Å². The van der Waals surface area contributed by atoms with Crippen LogP contribution in [-0.2, 0) is 0 Å². The summed E-state index contributed by atoms with van der Waals surface area (Å²) in [4.78, 5) is 0. The molecule has 0 aliphatic rings. The van der Waals surface area contributed by atoms with Crippen LogP contribution in [-0.4, -0.2) is 11.7 Å².